The van der Waals surface area contributed by atoms with Gasteiger partial charge in [0.15, 0.2) is 5.95 Å². The third-order valence-corrected chi connectivity index (χ3v) is 4.13. The van der Waals surface area contributed by atoms with Gasteiger partial charge in [0.05, 0.1) is 10.1 Å². The molecule has 0 aliphatic rings. The summed E-state index contributed by atoms with van der Waals surface area (Å²) in [5.41, 5.74) is 0.775. The van der Waals surface area contributed by atoms with Crippen LogP contribution >= 0.6 is 15.9 Å². The molecule has 26 heavy (non-hydrogen) atoms. The lowest BCUT2D eigenvalue weighted by molar-refractivity contribution is -0.752. The zero-order valence-corrected chi connectivity index (χ0v) is 15.1. The standard InChI is InChI=1S/C18H14BrN3O4/c19-11-15(23)21(12-13-7-3-1-4-8-13)22-16(18(25)26-20-22)17(24)14-9-5-2-6-10-14/h1-10H,11-12H2. The zero-order valence-electron chi connectivity index (χ0n) is 13.5. The fourth-order valence-electron chi connectivity index (χ4n) is 2.40. The van der Waals surface area contributed by atoms with Crippen LogP contribution in [0.5, 0.6) is 5.95 Å². The predicted octanol–water partition coefficient (Wildman–Crippen LogP) is 1.33. The highest BCUT2D eigenvalue weighted by Crippen LogP contribution is 2.14. The van der Waals surface area contributed by atoms with Crippen molar-refractivity contribution >= 4 is 27.6 Å². The molecule has 0 spiro atoms. The van der Waals surface area contributed by atoms with E-state index >= 15 is 0 Å². The predicted molar refractivity (Wildman–Crippen MR) is 93.2 cm³/mol. The van der Waals surface area contributed by atoms with Crippen LogP contribution in [0.3, 0.4) is 0 Å². The van der Waals surface area contributed by atoms with E-state index in [4.69, 9.17) is 0 Å². The van der Waals surface area contributed by atoms with E-state index < -0.39 is 11.7 Å². The van der Waals surface area contributed by atoms with Gasteiger partial charge in [-0.15, -0.1) is 0 Å². The highest BCUT2D eigenvalue weighted by atomic mass is 79.9. The normalized spacial score (nSPS) is 10.5. The van der Waals surface area contributed by atoms with Crippen LogP contribution in [-0.2, 0) is 11.3 Å². The molecule has 8 heteroatoms. The summed E-state index contributed by atoms with van der Waals surface area (Å²) in [5.74, 6) is -1.86. The monoisotopic (exact) mass is 415 g/mol. The van der Waals surface area contributed by atoms with Crippen molar-refractivity contribution in [3.05, 3.63) is 77.5 Å². The lowest BCUT2D eigenvalue weighted by Crippen LogP contribution is -2.64. The molecular formula is C18H14BrN3O4. The molecule has 1 amide bonds. The molecule has 3 aromatic rings. The van der Waals surface area contributed by atoms with Gasteiger partial charge in [-0.1, -0.05) is 81.6 Å². The number of alkyl halides is 1. The van der Waals surface area contributed by atoms with Crippen molar-refractivity contribution in [2.45, 2.75) is 6.54 Å². The molecule has 0 N–H and O–H groups in total. The summed E-state index contributed by atoms with van der Waals surface area (Å²) in [6.45, 7) is 0.122. The Bertz CT molecular complexity index is 913. The van der Waals surface area contributed by atoms with Crippen LogP contribution in [0.15, 0.2) is 65.2 Å². The first-order valence-corrected chi connectivity index (χ1v) is 8.83. The fraction of sp³-hybridized carbons (Fsp3) is 0.111. The summed E-state index contributed by atoms with van der Waals surface area (Å²) in [4.78, 5) is 26.1. The lowest BCUT2D eigenvalue weighted by atomic mass is 10.1. The van der Waals surface area contributed by atoms with Gasteiger partial charge in [-0.2, -0.15) is 0 Å². The molecule has 132 valence electrons. The highest BCUT2D eigenvalue weighted by Gasteiger charge is 2.35. The Kier molecular flexibility index (Phi) is 5.43. The molecule has 0 aliphatic heterocycles. The molecule has 0 saturated heterocycles. The molecule has 0 atom stereocenters. The van der Waals surface area contributed by atoms with E-state index in [1.165, 1.54) is 5.01 Å². The van der Waals surface area contributed by atoms with Gasteiger partial charge in [-0.3, -0.25) is 9.59 Å². The molecule has 1 aromatic heterocycles. The molecule has 2 aromatic carbocycles. The molecule has 0 fully saturated rings. The number of rotatable bonds is 6. The SMILES string of the molecule is O=C(c1ccccc1)c1c([O-])on[n+]1N(Cc1ccccc1)C(=O)CBr. The number of hydrogen-bond acceptors (Lipinski definition) is 5. The van der Waals surface area contributed by atoms with Crippen LogP contribution in [0.1, 0.15) is 21.6 Å². The van der Waals surface area contributed by atoms with E-state index in [0.29, 0.717) is 5.56 Å². The Labute approximate surface area is 157 Å². The Hall–Kier alpha value is -3.00. The van der Waals surface area contributed by atoms with Gasteiger partial charge >= 0.3 is 5.69 Å². The summed E-state index contributed by atoms with van der Waals surface area (Å²) in [7, 11) is 0. The Morgan fingerprint density at radius 3 is 2.31 bits per heavy atom. The van der Waals surface area contributed by atoms with Crippen molar-refractivity contribution in [3.8, 4) is 5.95 Å². The van der Waals surface area contributed by atoms with E-state index in [0.717, 1.165) is 10.4 Å². The number of benzene rings is 2. The minimum atomic E-state index is -0.903. The molecule has 0 radical (unpaired) electrons. The third-order valence-electron chi connectivity index (χ3n) is 3.65. The minimum absolute atomic E-state index is 0.00709. The summed E-state index contributed by atoms with van der Waals surface area (Å²) in [5, 5.41) is 16.9. The van der Waals surface area contributed by atoms with Gasteiger partial charge in [0.25, 0.3) is 11.7 Å². The quantitative estimate of drug-likeness (QED) is 0.344. The first-order chi connectivity index (χ1) is 12.6. The topological polar surface area (TPSA) is 90.3 Å². The maximum atomic E-state index is 12.7. The second kappa shape index (κ2) is 7.92. The third kappa shape index (κ3) is 3.65. The smallest absolute Gasteiger partial charge is 0.338 e. The van der Waals surface area contributed by atoms with Gasteiger partial charge in [-0.25, -0.2) is 0 Å². The average Bonchev–Trinajstić information content (AvgIpc) is 3.07. The molecule has 0 saturated carbocycles. The first-order valence-electron chi connectivity index (χ1n) is 7.71. The second-order valence-corrected chi connectivity index (χ2v) is 5.92. The molecule has 0 bridgehead atoms. The van der Waals surface area contributed by atoms with Crippen molar-refractivity contribution in [2.24, 2.45) is 0 Å². The molecular weight excluding hydrogens is 402 g/mol. The largest absolute Gasteiger partial charge is 0.538 e. The zero-order chi connectivity index (χ0) is 18.5. The molecule has 0 unspecified atom stereocenters. The molecule has 0 aliphatic carbocycles. The van der Waals surface area contributed by atoms with Crippen molar-refractivity contribution in [2.75, 3.05) is 10.3 Å². The molecule has 7 nitrogen and oxygen atoms in total. The Morgan fingerprint density at radius 2 is 1.69 bits per heavy atom. The van der Waals surface area contributed by atoms with Gasteiger partial charge in [0.2, 0.25) is 0 Å². The van der Waals surface area contributed by atoms with Crippen LogP contribution in [0.2, 0.25) is 0 Å². The molecule has 3 rings (SSSR count). The highest BCUT2D eigenvalue weighted by molar-refractivity contribution is 9.09. The Balaban J connectivity index is 2.03. The van der Waals surface area contributed by atoms with Gasteiger partial charge in [0.1, 0.15) is 11.8 Å². The van der Waals surface area contributed by atoms with E-state index in [1.54, 1.807) is 30.3 Å². The van der Waals surface area contributed by atoms with Crippen LogP contribution in [0, 0.1) is 0 Å². The average molecular weight is 416 g/mol. The Morgan fingerprint density at radius 1 is 1.08 bits per heavy atom. The van der Waals surface area contributed by atoms with Crippen molar-refractivity contribution < 1.29 is 24.0 Å². The summed E-state index contributed by atoms with van der Waals surface area (Å²) >= 11 is 3.11. The number of halogens is 1. The fourth-order valence-corrected chi connectivity index (χ4v) is 2.69. The van der Waals surface area contributed by atoms with Gasteiger partial charge < -0.3 is 9.63 Å². The second-order valence-electron chi connectivity index (χ2n) is 5.36. The first kappa shape index (κ1) is 17.8. The number of amides is 1. The summed E-state index contributed by atoms with van der Waals surface area (Å²) in [6, 6.07) is 17.4. The van der Waals surface area contributed by atoms with E-state index in [1.807, 2.05) is 30.3 Å². The van der Waals surface area contributed by atoms with Crippen LogP contribution in [0.4, 0.5) is 0 Å². The lowest BCUT2D eigenvalue weighted by Gasteiger charge is -2.13. The number of carbonyl (C=O) groups is 2. The van der Waals surface area contributed by atoms with Crippen molar-refractivity contribution in [3.63, 3.8) is 0 Å². The van der Waals surface area contributed by atoms with Crippen LogP contribution in [0.25, 0.3) is 0 Å². The van der Waals surface area contributed by atoms with E-state index in [2.05, 4.69) is 25.7 Å². The van der Waals surface area contributed by atoms with Crippen LogP contribution < -0.4 is 14.9 Å². The maximum Gasteiger partial charge on any atom is 0.338 e. The van der Waals surface area contributed by atoms with Crippen molar-refractivity contribution in [1.29, 1.82) is 0 Å². The summed E-state index contributed by atoms with van der Waals surface area (Å²) < 4.78 is 4.68. The van der Waals surface area contributed by atoms with Gasteiger partial charge in [0, 0.05) is 5.56 Å². The van der Waals surface area contributed by atoms with Crippen LogP contribution in [-0.4, -0.2) is 22.3 Å². The van der Waals surface area contributed by atoms with Crippen molar-refractivity contribution in [1.82, 2.24) is 5.27 Å². The van der Waals surface area contributed by atoms with E-state index in [-0.39, 0.29) is 23.5 Å². The summed E-state index contributed by atoms with van der Waals surface area (Å²) in [6.07, 6.45) is 0. The van der Waals surface area contributed by atoms with Gasteiger partial charge in [-0.05, 0) is 5.56 Å². The minimum Gasteiger partial charge on any atom is -0.538 e. The molecule has 1 heterocycles. The number of ketones is 1. The van der Waals surface area contributed by atoms with E-state index in [9.17, 15) is 14.7 Å². The number of carbonyl (C=O) groups excluding carboxylic acids is 2. The number of nitrogens with zero attached hydrogens (tertiary/aromatic N) is 3. The maximum absolute atomic E-state index is 12.7. The number of hydrogen-bond donors (Lipinski definition) is 0. The number of aromatic nitrogens is 2.